The van der Waals surface area contributed by atoms with Crippen LogP contribution in [0.5, 0.6) is 0 Å². The standard InChI is InChI=1S/C20H30O4/c1-16(11-21)14-3-5-18-7-6-17(10-18,12-22)4-2-15(18)19(14)8-9-20(16,23)24-13-19/h6-7,14-15,21-23H,2-5,8-13H2,1H3. The molecule has 5 fully saturated rings. The van der Waals surface area contributed by atoms with Gasteiger partial charge in [0.05, 0.1) is 19.8 Å². The Bertz CT molecular complexity index is 592. The molecule has 6 aliphatic rings. The van der Waals surface area contributed by atoms with E-state index in [-0.39, 0.29) is 29.5 Å². The smallest absolute Gasteiger partial charge is 0.173 e. The van der Waals surface area contributed by atoms with Crippen molar-refractivity contribution in [3.8, 4) is 0 Å². The maximum atomic E-state index is 11.0. The molecule has 2 saturated heterocycles. The van der Waals surface area contributed by atoms with E-state index in [9.17, 15) is 15.3 Å². The van der Waals surface area contributed by atoms with Crippen molar-refractivity contribution in [3.05, 3.63) is 12.2 Å². The van der Waals surface area contributed by atoms with Gasteiger partial charge in [-0.2, -0.15) is 0 Å². The molecule has 7 atom stereocenters. The van der Waals surface area contributed by atoms with Crippen LogP contribution >= 0.6 is 0 Å². The van der Waals surface area contributed by atoms with Crippen molar-refractivity contribution in [1.29, 1.82) is 0 Å². The van der Waals surface area contributed by atoms with Crippen LogP contribution in [-0.2, 0) is 4.74 Å². The van der Waals surface area contributed by atoms with Crippen molar-refractivity contribution in [2.75, 3.05) is 19.8 Å². The normalized spacial score (nSPS) is 60.8. The highest BCUT2D eigenvalue weighted by Crippen LogP contribution is 2.74. The molecule has 0 aromatic heterocycles. The Kier molecular flexibility index (Phi) is 2.93. The number of hydrogen-bond acceptors (Lipinski definition) is 4. The van der Waals surface area contributed by atoms with E-state index in [4.69, 9.17) is 4.74 Å². The van der Waals surface area contributed by atoms with Crippen LogP contribution in [0.15, 0.2) is 12.2 Å². The molecule has 2 aliphatic heterocycles. The third-order valence-electron chi connectivity index (χ3n) is 9.18. The fraction of sp³-hybridized carbons (Fsp3) is 0.900. The minimum Gasteiger partial charge on any atom is -0.396 e. The average Bonchev–Trinajstić information content (AvgIpc) is 2.88. The molecule has 24 heavy (non-hydrogen) atoms. The number of allylic oxidation sites excluding steroid dienone is 1. The summed E-state index contributed by atoms with van der Waals surface area (Å²) in [6.07, 6.45) is 11.8. The van der Waals surface area contributed by atoms with E-state index >= 15 is 0 Å². The molecule has 2 heterocycles. The van der Waals surface area contributed by atoms with Crippen LogP contribution in [0.1, 0.15) is 51.9 Å². The fourth-order valence-electron chi connectivity index (χ4n) is 7.84. The maximum absolute atomic E-state index is 11.0. The first-order valence-electron chi connectivity index (χ1n) is 9.66. The predicted octanol–water partition coefficient (Wildman–Crippen LogP) is 2.23. The molecular formula is C20H30O4. The SMILES string of the molecule is CC1(CO)C2CCC34C=CC(CO)(CCC3C23CCC1(O)OC3)C4. The van der Waals surface area contributed by atoms with Crippen LogP contribution in [0.25, 0.3) is 0 Å². The van der Waals surface area contributed by atoms with E-state index in [0.29, 0.717) is 24.9 Å². The van der Waals surface area contributed by atoms with Gasteiger partial charge in [-0.05, 0) is 55.8 Å². The number of ether oxygens (including phenoxy) is 1. The summed E-state index contributed by atoms with van der Waals surface area (Å²) >= 11 is 0. The number of fused-ring (bicyclic) bond motifs is 3. The summed E-state index contributed by atoms with van der Waals surface area (Å²) < 4.78 is 6.06. The third kappa shape index (κ3) is 1.52. The molecule has 0 aromatic rings. The first kappa shape index (κ1) is 15.8. The van der Waals surface area contributed by atoms with Crippen molar-refractivity contribution in [1.82, 2.24) is 0 Å². The molecule has 134 valence electrons. The van der Waals surface area contributed by atoms with Crippen LogP contribution in [0.3, 0.4) is 0 Å². The van der Waals surface area contributed by atoms with Gasteiger partial charge in [-0.25, -0.2) is 0 Å². The molecule has 0 aromatic carbocycles. The van der Waals surface area contributed by atoms with Gasteiger partial charge >= 0.3 is 0 Å². The monoisotopic (exact) mass is 334 g/mol. The van der Waals surface area contributed by atoms with Crippen molar-refractivity contribution in [2.24, 2.45) is 33.5 Å². The summed E-state index contributed by atoms with van der Waals surface area (Å²) in [6, 6.07) is 0. The Morgan fingerprint density at radius 2 is 1.79 bits per heavy atom. The summed E-state index contributed by atoms with van der Waals surface area (Å²) in [7, 11) is 0. The van der Waals surface area contributed by atoms with Crippen molar-refractivity contribution < 1.29 is 20.1 Å². The number of aliphatic hydroxyl groups excluding tert-OH is 2. The Morgan fingerprint density at radius 1 is 1.00 bits per heavy atom. The Labute approximate surface area is 143 Å². The highest BCUT2D eigenvalue weighted by atomic mass is 16.6. The topological polar surface area (TPSA) is 69.9 Å². The molecule has 4 heteroatoms. The van der Waals surface area contributed by atoms with Gasteiger partial charge in [0.1, 0.15) is 0 Å². The second-order valence-electron chi connectivity index (χ2n) is 9.83. The summed E-state index contributed by atoms with van der Waals surface area (Å²) in [4.78, 5) is 0. The fourth-order valence-corrected chi connectivity index (χ4v) is 7.84. The zero-order valence-electron chi connectivity index (χ0n) is 14.6. The van der Waals surface area contributed by atoms with Gasteiger partial charge in [-0.3, -0.25) is 0 Å². The largest absolute Gasteiger partial charge is 0.396 e. The number of aliphatic hydroxyl groups is 3. The molecule has 3 saturated carbocycles. The van der Waals surface area contributed by atoms with Crippen molar-refractivity contribution in [3.63, 3.8) is 0 Å². The van der Waals surface area contributed by atoms with Crippen LogP contribution in [0, 0.1) is 33.5 Å². The van der Waals surface area contributed by atoms with E-state index < -0.39 is 11.2 Å². The second kappa shape index (κ2) is 4.46. The van der Waals surface area contributed by atoms with E-state index in [1.54, 1.807) is 0 Å². The Morgan fingerprint density at radius 3 is 2.46 bits per heavy atom. The highest BCUT2D eigenvalue weighted by molar-refractivity contribution is 5.28. The van der Waals surface area contributed by atoms with Gasteiger partial charge in [-0.1, -0.05) is 19.1 Å². The molecule has 0 amide bonds. The van der Waals surface area contributed by atoms with Gasteiger partial charge in [-0.15, -0.1) is 0 Å². The predicted molar refractivity (Wildman–Crippen MR) is 88.9 cm³/mol. The highest BCUT2D eigenvalue weighted by Gasteiger charge is 2.73. The molecule has 4 aliphatic carbocycles. The summed E-state index contributed by atoms with van der Waals surface area (Å²) in [5.41, 5.74) is -0.273. The molecule has 2 spiro atoms. The molecule has 6 rings (SSSR count). The van der Waals surface area contributed by atoms with Crippen molar-refractivity contribution in [2.45, 2.75) is 57.7 Å². The van der Waals surface area contributed by atoms with Gasteiger partial charge in [0.15, 0.2) is 5.79 Å². The molecule has 7 unspecified atom stereocenters. The van der Waals surface area contributed by atoms with Gasteiger partial charge in [0.25, 0.3) is 0 Å². The Balaban J connectivity index is 1.59. The minimum absolute atomic E-state index is 0.00514. The zero-order valence-corrected chi connectivity index (χ0v) is 14.6. The van der Waals surface area contributed by atoms with E-state index in [1.165, 1.54) is 0 Å². The van der Waals surface area contributed by atoms with Crippen LogP contribution in [0.4, 0.5) is 0 Å². The first-order chi connectivity index (χ1) is 11.4. The number of rotatable bonds is 2. The Hall–Kier alpha value is -0.420. The average molecular weight is 334 g/mol. The summed E-state index contributed by atoms with van der Waals surface area (Å²) in [6.45, 7) is 2.93. The lowest BCUT2D eigenvalue weighted by molar-refractivity contribution is -0.401. The first-order valence-corrected chi connectivity index (χ1v) is 9.66. The molecular weight excluding hydrogens is 304 g/mol. The van der Waals surface area contributed by atoms with E-state index in [1.807, 2.05) is 6.92 Å². The lowest BCUT2D eigenvalue weighted by Crippen LogP contribution is -2.73. The summed E-state index contributed by atoms with van der Waals surface area (Å²) in [5.74, 6) is -0.278. The minimum atomic E-state index is -1.16. The van der Waals surface area contributed by atoms with Gasteiger partial charge in [0, 0.05) is 22.7 Å². The van der Waals surface area contributed by atoms with Crippen LogP contribution in [0.2, 0.25) is 0 Å². The van der Waals surface area contributed by atoms with E-state index in [0.717, 1.165) is 38.5 Å². The maximum Gasteiger partial charge on any atom is 0.173 e. The lowest BCUT2D eigenvalue weighted by Gasteiger charge is -2.71. The van der Waals surface area contributed by atoms with Crippen molar-refractivity contribution >= 4 is 0 Å². The molecule has 3 N–H and O–H groups in total. The lowest BCUT2D eigenvalue weighted by atomic mass is 9.38. The second-order valence-corrected chi connectivity index (χ2v) is 9.83. The summed E-state index contributed by atoms with van der Waals surface area (Å²) in [5, 5.41) is 31.2. The van der Waals surface area contributed by atoms with Crippen LogP contribution in [-0.4, -0.2) is 40.9 Å². The van der Waals surface area contributed by atoms with Crippen LogP contribution < -0.4 is 0 Å². The molecule has 0 radical (unpaired) electrons. The van der Waals surface area contributed by atoms with Gasteiger partial charge in [0.2, 0.25) is 0 Å². The zero-order chi connectivity index (χ0) is 16.8. The quantitative estimate of drug-likeness (QED) is 0.677. The molecule has 4 nitrogen and oxygen atoms in total. The third-order valence-corrected chi connectivity index (χ3v) is 9.18. The van der Waals surface area contributed by atoms with Gasteiger partial charge < -0.3 is 20.1 Å². The molecule has 4 bridgehead atoms. The number of hydrogen-bond donors (Lipinski definition) is 3. The van der Waals surface area contributed by atoms with E-state index in [2.05, 4.69) is 12.2 Å².